The van der Waals surface area contributed by atoms with Crippen molar-refractivity contribution in [3.8, 4) is 0 Å². The van der Waals surface area contributed by atoms with E-state index in [1.54, 1.807) is 20.8 Å². The van der Waals surface area contributed by atoms with Crippen molar-refractivity contribution in [3.05, 3.63) is 16.1 Å². The number of carboxylic acids is 1. The highest BCUT2D eigenvalue weighted by Crippen LogP contribution is 2.28. The highest BCUT2D eigenvalue weighted by atomic mass is 32.1. The van der Waals surface area contributed by atoms with Crippen LogP contribution in [0.2, 0.25) is 0 Å². The van der Waals surface area contributed by atoms with Crippen molar-refractivity contribution in [2.24, 2.45) is 5.92 Å². The normalized spacial score (nSPS) is 13.8. The van der Waals surface area contributed by atoms with Crippen molar-refractivity contribution < 1.29 is 29.0 Å². The first-order valence-electron chi connectivity index (χ1n) is 8.24. The van der Waals surface area contributed by atoms with E-state index in [0.717, 1.165) is 11.3 Å². The van der Waals surface area contributed by atoms with Crippen LogP contribution in [0.15, 0.2) is 5.38 Å². The number of thiazole rings is 1. The van der Waals surface area contributed by atoms with Crippen LogP contribution in [-0.4, -0.2) is 39.8 Å². The summed E-state index contributed by atoms with van der Waals surface area (Å²) in [5, 5.41) is 13.6. The maximum absolute atomic E-state index is 12.1. The maximum atomic E-state index is 12.1. The van der Waals surface area contributed by atoms with Gasteiger partial charge in [0.05, 0.1) is 0 Å². The molecule has 0 bridgehead atoms. The van der Waals surface area contributed by atoms with Crippen LogP contribution in [-0.2, 0) is 14.3 Å². The largest absolute Gasteiger partial charge is 0.476 e. The van der Waals surface area contributed by atoms with Crippen LogP contribution in [0.3, 0.4) is 0 Å². The highest BCUT2D eigenvalue weighted by Gasteiger charge is 2.28. The Morgan fingerprint density at radius 1 is 1.31 bits per heavy atom. The molecule has 2 N–H and O–H groups in total. The molecule has 0 aromatic carbocycles. The predicted octanol–water partition coefficient (Wildman–Crippen LogP) is 3.38. The molecule has 0 radical (unpaired) electrons. The van der Waals surface area contributed by atoms with E-state index in [1.807, 2.05) is 13.8 Å². The van der Waals surface area contributed by atoms with Gasteiger partial charge in [-0.05, 0) is 26.7 Å². The Bertz CT molecular complexity index is 650. The monoisotopic (exact) mass is 386 g/mol. The van der Waals surface area contributed by atoms with Crippen LogP contribution in [0.1, 0.15) is 69.6 Å². The topological polar surface area (TPSA) is 115 Å². The SMILES string of the molecule is CC(=O)OC(CC(NC(=O)OC(C)(C)C)C(C)C)c1nc(C(=O)O)cs1. The van der Waals surface area contributed by atoms with Crippen molar-refractivity contribution in [1.82, 2.24) is 10.3 Å². The van der Waals surface area contributed by atoms with Crippen LogP contribution >= 0.6 is 11.3 Å². The van der Waals surface area contributed by atoms with Gasteiger partial charge in [-0.15, -0.1) is 11.3 Å². The minimum Gasteiger partial charge on any atom is -0.476 e. The van der Waals surface area contributed by atoms with E-state index in [4.69, 9.17) is 14.6 Å². The first-order valence-corrected chi connectivity index (χ1v) is 9.12. The number of nitrogens with zero attached hydrogens (tertiary/aromatic N) is 1. The number of aromatic carboxylic acids is 1. The fraction of sp³-hybridized carbons (Fsp3) is 0.647. The second-order valence-corrected chi connectivity index (χ2v) is 8.10. The van der Waals surface area contributed by atoms with Gasteiger partial charge in [-0.1, -0.05) is 13.8 Å². The molecule has 2 atom stereocenters. The lowest BCUT2D eigenvalue weighted by Crippen LogP contribution is -2.42. The van der Waals surface area contributed by atoms with Gasteiger partial charge in [-0.2, -0.15) is 0 Å². The molecule has 1 amide bonds. The number of carbonyl (C=O) groups excluding carboxylic acids is 2. The van der Waals surface area contributed by atoms with E-state index >= 15 is 0 Å². The lowest BCUT2D eigenvalue weighted by molar-refractivity contribution is -0.147. The summed E-state index contributed by atoms with van der Waals surface area (Å²) in [5.41, 5.74) is -0.740. The summed E-state index contributed by atoms with van der Waals surface area (Å²) in [6.07, 6.45) is -1.07. The number of carbonyl (C=O) groups is 3. The number of hydrogen-bond acceptors (Lipinski definition) is 7. The molecular weight excluding hydrogens is 360 g/mol. The molecule has 1 aromatic rings. The Labute approximate surface area is 156 Å². The summed E-state index contributed by atoms with van der Waals surface area (Å²) < 4.78 is 10.6. The average molecular weight is 386 g/mol. The number of ether oxygens (including phenoxy) is 2. The van der Waals surface area contributed by atoms with Crippen molar-refractivity contribution in [1.29, 1.82) is 0 Å². The van der Waals surface area contributed by atoms with Gasteiger partial charge in [0.2, 0.25) is 0 Å². The molecule has 146 valence electrons. The Kier molecular flexibility index (Phi) is 7.55. The van der Waals surface area contributed by atoms with Crippen LogP contribution < -0.4 is 5.32 Å². The Morgan fingerprint density at radius 3 is 2.35 bits per heavy atom. The molecule has 1 heterocycles. The Balaban J connectivity index is 2.95. The zero-order valence-corrected chi connectivity index (χ0v) is 16.7. The summed E-state index contributed by atoms with van der Waals surface area (Å²) in [6.45, 7) is 10.4. The summed E-state index contributed by atoms with van der Waals surface area (Å²) >= 11 is 1.10. The number of carboxylic acid groups (broad SMARTS) is 1. The van der Waals surface area contributed by atoms with Gasteiger partial charge in [0, 0.05) is 24.8 Å². The number of rotatable bonds is 7. The Morgan fingerprint density at radius 2 is 1.92 bits per heavy atom. The zero-order chi connectivity index (χ0) is 20.1. The fourth-order valence-corrected chi connectivity index (χ4v) is 2.95. The molecule has 2 unspecified atom stereocenters. The lowest BCUT2D eigenvalue weighted by atomic mass is 9.98. The second-order valence-electron chi connectivity index (χ2n) is 7.21. The molecule has 8 nitrogen and oxygen atoms in total. The summed E-state index contributed by atoms with van der Waals surface area (Å²) in [4.78, 5) is 38.6. The van der Waals surface area contributed by atoms with Crippen molar-refractivity contribution in [2.75, 3.05) is 0 Å². The molecule has 9 heteroatoms. The zero-order valence-electron chi connectivity index (χ0n) is 15.9. The molecule has 0 spiro atoms. The summed E-state index contributed by atoms with van der Waals surface area (Å²) in [7, 11) is 0. The third-order valence-electron chi connectivity index (χ3n) is 3.30. The molecule has 1 aromatic heterocycles. The highest BCUT2D eigenvalue weighted by molar-refractivity contribution is 7.09. The number of esters is 1. The van der Waals surface area contributed by atoms with E-state index in [1.165, 1.54) is 12.3 Å². The molecule has 0 saturated heterocycles. The molecule has 0 aliphatic heterocycles. The molecule has 0 fully saturated rings. The second kappa shape index (κ2) is 8.98. The van der Waals surface area contributed by atoms with Crippen LogP contribution in [0.5, 0.6) is 0 Å². The van der Waals surface area contributed by atoms with Crippen LogP contribution in [0.25, 0.3) is 0 Å². The Hall–Kier alpha value is -2.16. The van der Waals surface area contributed by atoms with E-state index in [0.29, 0.717) is 5.01 Å². The van der Waals surface area contributed by atoms with E-state index < -0.39 is 29.7 Å². The molecule has 0 aliphatic rings. The van der Waals surface area contributed by atoms with Gasteiger partial charge in [0.15, 0.2) is 11.8 Å². The number of nitrogens with one attached hydrogen (secondary N) is 1. The van der Waals surface area contributed by atoms with Gasteiger partial charge >= 0.3 is 18.0 Å². The van der Waals surface area contributed by atoms with Crippen molar-refractivity contribution in [2.45, 2.75) is 65.7 Å². The maximum Gasteiger partial charge on any atom is 0.407 e. The van der Waals surface area contributed by atoms with Gasteiger partial charge in [0.25, 0.3) is 0 Å². The van der Waals surface area contributed by atoms with Gasteiger partial charge in [0.1, 0.15) is 10.6 Å². The quantitative estimate of drug-likeness (QED) is 0.690. The van der Waals surface area contributed by atoms with E-state index in [9.17, 15) is 14.4 Å². The summed E-state index contributed by atoms with van der Waals surface area (Å²) in [5.74, 6) is -1.64. The molecule has 0 aliphatic carbocycles. The van der Waals surface area contributed by atoms with Crippen LogP contribution in [0, 0.1) is 5.92 Å². The van der Waals surface area contributed by atoms with E-state index in [-0.39, 0.29) is 24.1 Å². The first kappa shape index (κ1) is 21.9. The average Bonchev–Trinajstić information content (AvgIpc) is 2.92. The smallest absolute Gasteiger partial charge is 0.407 e. The molecule has 26 heavy (non-hydrogen) atoms. The number of amides is 1. The summed E-state index contributed by atoms with van der Waals surface area (Å²) in [6, 6.07) is -0.355. The minimum absolute atomic E-state index is 0.0273. The standard InChI is InChI=1S/C17H26N2O6S/c1-9(2)11(19-16(23)25-17(4,5)6)7-13(24-10(3)20)14-18-12(8-26-14)15(21)22/h8-9,11,13H,7H2,1-6H3,(H,19,23)(H,21,22). The lowest BCUT2D eigenvalue weighted by Gasteiger charge is -2.28. The van der Waals surface area contributed by atoms with Gasteiger partial charge < -0.3 is 19.9 Å². The van der Waals surface area contributed by atoms with Gasteiger partial charge in [-0.25, -0.2) is 14.6 Å². The minimum atomic E-state index is -1.15. The fourth-order valence-electron chi connectivity index (χ4n) is 2.12. The molecule has 0 saturated carbocycles. The molecule has 1 rings (SSSR count). The predicted molar refractivity (Wildman–Crippen MR) is 96.2 cm³/mol. The molecular formula is C17H26N2O6S. The first-order chi connectivity index (χ1) is 11.9. The third-order valence-corrected chi connectivity index (χ3v) is 4.24. The van der Waals surface area contributed by atoms with Crippen molar-refractivity contribution >= 4 is 29.4 Å². The third kappa shape index (κ3) is 7.38. The number of hydrogen-bond donors (Lipinski definition) is 2. The number of alkyl carbamates (subject to hydrolysis) is 1. The van der Waals surface area contributed by atoms with Crippen LogP contribution in [0.4, 0.5) is 4.79 Å². The number of aromatic nitrogens is 1. The van der Waals surface area contributed by atoms with Crippen molar-refractivity contribution in [3.63, 3.8) is 0 Å². The van der Waals surface area contributed by atoms with E-state index in [2.05, 4.69) is 10.3 Å². The van der Waals surface area contributed by atoms with Gasteiger partial charge in [-0.3, -0.25) is 4.79 Å².